The molecule has 0 bridgehead atoms. The molecular weight excluding hydrogens is 256 g/mol. The number of aliphatic carboxylic acids is 1. The summed E-state index contributed by atoms with van der Waals surface area (Å²) >= 11 is 0. The topological polar surface area (TPSA) is 69.6 Å². The molecule has 0 aromatic rings. The van der Waals surface area contributed by atoms with Gasteiger partial charge in [-0.25, -0.2) is 4.79 Å². The van der Waals surface area contributed by atoms with Gasteiger partial charge in [-0.15, -0.1) is 0 Å². The molecule has 0 aromatic heterocycles. The average molecular weight is 284 g/mol. The molecule has 0 saturated heterocycles. The van der Waals surface area contributed by atoms with E-state index in [1.807, 2.05) is 6.92 Å². The van der Waals surface area contributed by atoms with Gasteiger partial charge in [-0.05, 0) is 25.7 Å². The third-order valence-corrected chi connectivity index (χ3v) is 4.27. The van der Waals surface area contributed by atoms with Gasteiger partial charge in [-0.1, -0.05) is 33.1 Å². The highest BCUT2D eigenvalue weighted by atomic mass is 16.4. The lowest BCUT2D eigenvalue weighted by Crippen LogP contribution is -2.48. The van der Waals surface area contributed by atoms with Crippen LogP contribution in [0.3, 0.4) is 0 Å². The summed E-state index contributed by atoms with van der Waals surface area (Å²) in [7, 11) is 0. The van der Waals surface area contributed by atoms with Crippen molar-refractivity contribution in [2.45, 2.75) is 58.9 Å². The Morgan fingerprint density at radius 2 is 2.05 bits per heavy atom. The van der Waals surface area contributed by atoms with Crippen molar-refractivity contribution in [1.82, 2.24) is 10.2 Å². The molecule has 116 valence electrons. The number of hydrogen-bond acceptors (Lipinski definition) is 2. The summed E-state index contributed by atoms with van der Waals surface area (Å²) in [6.45, 7) is 6.51. The summed E-state index contributed by atoms with van der Waals surface area (Å²) in [5.74, 6) is -0.683. The maximum absolute atomic E-state index is 12.2. The van der Waals surface area contributed by atoms with E-state index in [-0.39, 0.29) is 18.6 Å². The molecule has 1 saturated carbocycles. The van der Waals surface area contributed by atoms with Crippen LogP contribution in [0.25, 0.3) is 0 Å². The fraction of sp³-hybridized carbons (Fsp3) is 0.867. The van der Waals surface area contributed by atoms with Gasteiger partial charge < -0.3 is 15.3 Å². The first-order valence-corrected chi connectivity index (χ1v) is 7.76. The predicted molar refractivity (Wildman–Crippen MR) is 78.6 cm³/mol. The van der Waals surface area contributed by atoms with Crippen LogP contribution in [0.5, 0.6) is 0 Å². The minimum absolute atomic E-state index is 0.123. The second-order valence-corrected chi connectivity index (χ2v) is 5.87. The number of amides is 2. The molecule has 0 aliphatic heterocycles. The maximum atomic E-state index is 12.2. The summed E-state index contributed by atoms with van der Waals surface area (Å²) in [5.41, 5.74) is 0. The van der Waals surface area contributed by atoms with Crippen molar-refractivity contribution < 1.29 is 14.7 Å². The summed E-state index contributed by atoms with van der Waals surface area (Å²) in [6.07, 6.45) is 5.68. The van der Waals surface area contributed by atoms with Crippen molar-refractivity contribution in [3.63, 3.8) is 0 Å². The Bertz CT molecular complexity index is 333. The number of carboxylic acids is 1. The van der Waals surface area contributed by atoms with E-state index in [1.165, 1.54) is 19.3 Å². The molecular formula is C15H28N2O3. The highest BCUT2D eigenvalue weighted by Gasteiger charge is 2.25. The van der Waals surface area contributed by atoms with E-state index in [2.05, 4.69) is 12.2 Å². The van der Waals surface area contributed by atoms with E-state index >= 15 is 0 Å². The van der Waals surface area contributed by atoms with Crippen LogP contribution in [-0.4, -0.2) is 41.1 Å². The Morgan fingerprint density at radius 3 is 2.60 bits per heavy atom. The highest BCUT2D eigenvalue weighted by molar-refractivity contribution is 5.76. The van der Waals surface area contributed by atoms with E-state index < -0.39 is 11.9 Å². The number of urea groups is 1. The summed E-state index contributed by atoms with van der Waals surface area (Å²) in [6, 6.07) is 0.123. The van der Waals surface area contributed by atoms with E-state index in [9.17, 15) is 9.59 Å². The Morgan fingerprint density at radius 1 is 1.35 bits per heavy atom. The van der Waals surface area contributed by atoms with Gasteiger partial charge in [-0.2, -0.15) is 0 Å². The van der Waals surface area contributed by atoms with Gasteiger partial charge in [0.15, 0.2) is 0 Å². The molecule has 3 atom stereocenters. The molecule has 1 aliphatic carbocycles. The monoisotopic (exact) mass is 284 g/mol. The average Bonchev–Trinajstić information content (AvgIpc) is 2.44. The van der Waals surface area contributed by atoms with Crippen LogP contribution in [-0.2, 0) is 4.79 Å². The smallest absolute Gasteiger partial charge is 0.317 e. The maximum Gasteiger partial charge on any atom is 0.317 e. The lowest BCUT2D eigenvalue weighted by atomic mass is 9.84. The molecule has 2 amide bonds. The van der Waals surface area contributed by atoms with Crippen molar-refractivity contribution in [2.24, 2.45) is 11.8 Å². The first kappa shape index (κ1) is 16.8. The van der Waals surface area contributed by atoms with Crippen molar-refractivity contribution in [3.05, 3.63) is 0 Å². The Balaban J connectivity index is 2.48. The zero-order valence-electron chi connectivity index (χ0n) is 12.9. The fourth-order valence-electron chi connectivity index (χ4n) is 2.82. The van der Waals surface area contributed by atoms with E-state index in [0.717, 1.165) is 12.8 Å². The molecule has 0 aromatic carbocycles. The quantitative estimate of drug-likeness (QED) is 0.788. The van der Waals surface area contributed by atoms with Crippen LogP contribution in [0.15, 0.2) is 0 Å². The van der Waals surface area contributed by atoms with Crippen LogP contribution in [0, 0.1) is 11.8 Å². The number of rotatable bonds is 6. The number of carboxylic acid groups (broad SMARTS) is 1. The van der Waals surface area contributed by atoms with Gasteiger partial charge >= 0.3 is 12.0 Å². The van der Waals surface area contributed by atoms with Gasteiger partial charge in [0.05, 0.1) is 5.92 Å². The highest BCUT2D eigenvalue weighted by Crippen LogP contribution is 2.26. The molecule has 1 fully saturated rings. The fourth-order valence-corrected chi connectivity index (χ4v) is 2.82. The van der Waals surface area contributed by atoms with Crippen molar-refractivity contribution in [2.75, 3.05) is 13.1 Å². The van der Waals surface area contributed by atoms with Crippen LogP contribution in [0.2, 0.25) is 0 Å². The van der Waals surface area contributed by atoms with Crippen LogP contribution >= 0.6 is 0 Å². The number of carbonyl (C=O) groups excluding carboxylic acids is 1. The minimum Gasteiger partial charge on any atom is -0.481 e. The summed E-state index contributed by atoms with van der Waals surface area (Å²) in [4.78, 5) is 24.7. The third-order valence-electron chi connectivity index (χ3n) is 4.27. The Kier molecular flexibility index (Phi) is 6.82. The normalized spacial score (nSPS) is 23.9. The number of carbonyl (C=O) groups is 2. The van der Waals surface area contributed by atoms with Gasteiger partial charge in [-0.3, -0.25) is 4.79 Å². The standard InChI is InChI=1S/C15H28N2O3/c1-4-12-7-6-8-13(9-12)16-15(20)17(5-2)10-11(3)14(18)19/h11-13H,4-10H2,1-3H3,(H,16,20)(H,18,19). The molecule has 2 N–H and O–H groups in total. The molecule has 5 nitrogen and oxygen atoms in total. The molecule has 0 radical (unpaired) electrons. The summed E-state index contributed by atoms with van der Waals surface area (Å²) < 4.78 is 0. The molecule has 1 rings (SSSR count). The largest absolute Gasteiger partial charge is 0.481 e. The SMILES string of the molecule is CCC1CCCC(NC(=O)N(CC)CC(C)C(=O)O)C1. The van der Waals surface area contributed by atoms with Gasteiger partial charge in [0.25, 0.3) is 0 Å². The third kappa shape index (κ3) is 5.02. The Labute approximate surface area is 121 Å². The first-order valence-electron chi connectivity index (χ1n) is 7.76. The predicted octanol–water partition coefficient (Wildman–Crippen LogP) is 2.71. The van der Waals surface area contributed by atoms with Crippen molar-refractivity contribution >= 4 is 12.0 Å². The molecule has 0 heterocycles. The second kappa shape index (κ2) is 8.12. The van der Waals surface area contributed by atoms with Crippen molar-refractivity contribution in [3.8, 4) is 0 Å². The van der Waals surface area contributed by atoms with E-state index in [4.69, 9.17) is 5.11 Å². The molecule has 20 heavy (non-hydrogen) atoms. The summed E-state index contributed by atoms with van der Waals surface area (Å²) in [5, 5.41) is 12.0. The van der Waals surface area contributed by atoms with Gasteiger partial charge in [0.1, 0.15) is 0 Å². The number of nitrogens with zero attached hydrogens (tertiary/aromatic N) is 1. The lowest BCUT2D eigenvalue weighted by Gasteiger charge is -2.31. The molecule has 0 spiro atoms. The Hall–Kier alpha value is -1.26. The zero-order chi connectivity index (χ0) is 15.1. The zero-order valence-corrected chi connectivity index (χ0v) is 12.9. The van der Waals surface area contributed by atoms with Crippen LogP contribution < -0.4 is 5.32 Å². The lowest BCUT2D eigenvalue weighted by molar-refractivity contribution is -0.141. The number of nitrogens with one attached hydrogen (secondary N) is 1. The number of hydrogen-bond donors (Lipinski definition) is 2. The van der Waals surface area contributed by atoms with Crippen LogP contribution in [0.4, 0.5) is 4.79 Å². The van der Waals surface area contributed by atoms with Crippen LogP contribution in [0.1, 0.15) is 52.9 Å². The molecule has 3 unspecified atom stereocenters. The molecule has 1 aliphatic rings. The second-order valence-electron chi connectivity index (χ2n) is 5.87. The van der Waals surface area contributed by atoms with E-state index in [0.29, 0.717) is 12.5 Å². The minimum atomic E-state index is -0.861. The molecule has 5 heteroatoms. The van der Waals surface area contributed by atoms with E-state index in [1.54, 1.807) is 11.8 Å². The van der Waals surface area contributed by atoms with Crippen molar-refractivity contribution in [1.29, 1.82) is 0 Å². The van der Waals surface area contributed by atoms with Gasteiger partial charge in [0.2, 0.25) is 0 Å². The van der Waals surface area contributed by atoms with Gasteiger partial charge in [0, 0.05) is 19.1 Å². The first-order chi connectivity index (χ1) is 9.47.